The number of likely N-dealkylation sites (tertiary alicyclic amines) is 1. The maximum atomic E-state index is 12.2. The molecule has 1 aromatic heterocycles. The molecule has 1 fully saturated rings. The van der Waals surface area contributed by atoms with Crippen molar-refractivity contribution >= 4 is 11.9 Å². The van der Waals surface area contributed by atoms with Crippen LogP contribution in [0.3, 0.4) is 0 Å². The summed E-state index contributed by atoms with van der Waals surface area (Å²) < 4.78 is 1.19. The van der Waals surface area contributed by atoms with Crippen LogP contribution in [0, 0.1) is 0 Å². The number of ketones is 1. The van der Waals surface area contributed by atoms with Gasteiger partial charge in [0.2, 0.25) is 5.78 Å². The predicted octanol–water partition coefficient (Wildman–Crippen LogP) is 2.15. The minimum atomic E-state index is -0.407. The van der Waals surface area contributed by atoms with Crippen molar-refractivity contribution in [3.8, 4) is 0 Å². The SMILES string of the molecule is O=C(c1ccccc1)c1cn(OC(=O)N2CCCCC2)cn1. The van der Waals surface area contributed by atoms with Crippen molar-refractivity contribution in [1.29, 1.82) is 0 Å². The molecule has 3 rings (SSSR count). The van der Waals surface area contributed by atoms with Crippen LogP contribution >= 0.6 is 0 Å². The van der Waals surface area contributed by atoms with E-state index in [0.29, 0.717) is 18.7 Å². The molecule has 0 atom stereocenters. The van der Waals surface area contributed by atoms with Gasteiger partial charge in [-0.05, 0) is 19.3 Å². The molecule has 0 bridgehead atoms. The van der Waals surface area contributed by atoms with E-state index in [1.807, 2.05) is 6.07 Å². The molecule has 1 aliphatic rings. The number of carbonyl (C=O) groups excluding carboxylic acids is 2. The average molecular weight is 299 g/mol. The van der Waals surface area contributed by atoms with E-state index in [1.54, 1.807) is 29.2 Å². The van der Waals surface area contributed by atoms with E-state index in [2.05, 4.69) is 4.98 Å². The van der Waals surface area contributed by atoms with Crippen LogP contribution in [0.4, 0.5) is 4.79 Å². The van der Waals surface area contributed by atoms with Gasteiger partial charge in [0.1, 0.15) is 12.0 Å². The number of benzene rings is 1. The Bertz CT molecular complexity index is 660. The van der Waals surface area contributed by atoms with Crippen molar-refractivity contribution in [3.63, 3.8) is 0 Å². The summed E-state index contributed by atoms with van der Waals surface area (Å²) in [6.45, 7) is 1.42. The van der Waals surface area contributed by atoms with Crippen LogP contribution in [0.15, 0.2) is 42.9 Å². The van der Waals surface area contributed by atoms with Crippen LogP contribution in [-0.2, 0) is 0 Å². The zero-order chi connectivity index (χ0) is 15.4. The molecule has 6 heteroatoms. The summed E-state index contributed by atoms with van der Waals surface area (Å²) in [5, 5.41) is 0. The highest BCUT2D eigenvalue weighted by atomic mass is 16.7. The summed E-state index contributed by atoms with van der Waals surface area (Å²) in [6.07, 6.45) is 5.49. The molecule has 0 radical (unpaired) electrons. The van der Waals surface area contributed by atoms with Crippen molar-refractivity contribution in [2.45, 2.75) is 19.3 Å². The van der Waals surface area contributed by atoms with Crippen molar-refractivity contribution < 1.29 is 14.4 Å². The van der Waals surface area contributed by atoms with Gasteiger partial charge in [0.15, 0.2) is 0 Å². The Hall–Kier alpha value is -2.63. The number of piperidine rings is 1. The Labute approximate surface area is 128 Å². The zero-order valence-corrected chi connectivity index (χ0v) is 12.1. The minimum Gasteiger partial charge on any atom is -0.316 e. The highest BCUT2D eigenvalue weighted by Gasteiger charge is 2.19. The number of aromatic nitrogens is 2. The van der Waals surface area contributed by atoms with Crippen LogP contribution in [-0.4, -0.2) is 39.6 Å². The van der Waals surface area contributed by atoms with Gasteiger partial charge >= 0.3 is 6.09 Å². The Morgan fingerprint density at radius 1 is 1.05 bits per heavy atom. The molecule has 1 aromatic carbocycles. The average Bonchev–Trinajstić information content (AvgIpc) is 3.04. The molecule has 114 valence electrons. The number of amides is 1. The molecular weight excluding hydrogens is 282 g/mol. The molecule has 0 spiro atoms. The second-order valence-corrected chi connectivity index (χ2v) is 5.22. The van der Waals surface area contributed by atoms with Crippen LogP contribution in [0.1, 0.15) is 35.3 Å². The lowest BCUT2D eigenvalue weighted by Gasteiger charge is -2.25. The third kappa shape index (κ3) is 3.16. The molecule has 1 aliphatic heterocycles. The van der Waals surface area contributed by atoms with Crippen molar-refractivity contribution in [2.24, 2.45) is 0 Å². The fraction of sp³-hybridized carbons (Fsp3) is 0.312. The quantitative estimate of drug-likeness (QED) is 0.815. The number of nitrogens with zero attached hydrogens (tertiary/aromatic N) is 3. The third-order valence-electron chi connectivity index (χ3n) is 3.63. The number of imidazole rings is 1. The van der Waals surface area contributed by atoms with E-state index in [-0.39, 0.29) is 11.5 Å². The molecule has 2 aromatic rings. The summed E-state index contributed by atoms with van der Waals surface area (Å²) in [7, 11) is 0. The van der Waals surface area contributed by atoms with Gasteiger partial charge in [0.25, 0.3) is 0 Å². The van der Waals surface area contributed by atoms with E-state index in [4.69, 9.17) is 4.84 Å². The minimum absolute atomic E-state index is 0.201. The van der Waals surface area contributed by atoms with Gasteiger partial charge in [-0.1, -0.05) is 30.3 Å². The third-order valence-corrected chi connectivity index (χ3v) is 3.63. The van der Waals surface area contributed by atoms with Crippen LogP contribution in [0.25, 0.3) is 0 Å². The molecule has 0 N–H and O–H groups in total. The Morgan fingerprint density at radius 3 is 2.50 bits per heavy atom. The second-order valence-electron chi connectivity index (χ2n) is 5.22. The standard InChI is InChI=1S/C16H17N3O3/c20-15(13-7-3-1-4-8-13)14-11-19(12-17-14)22-16(21)18-9-5-2-6-10-18/h1,3-4,7-8,11-12H,2,5-6,9-10H2. The molecular formula is C16H17N3O3. The first-order chi connectivity index (χ1) is 10.7. The van der Waals surface area contributed by atoms with Crippen LogP contribution in [0.2, 0.25) is 0 Å². The van der Waals surface area contributed by atoms with Gasteiger partial charge in [-0.2, -0.15) is 4.73 Å². The van der Waals surface area contributed by atoms with Gasteiger partial charge < -0.3 is 9.74 Å². The predicted molar refractivity (Wildman–Crippen MR) is 79.5 cm³/mol. The lowest BCUT2D eigenvalue weighted by Crippen LogP contribution is -2.40. The van der Waals surface area contributed by atoms with Crippen LogP contribution < -0.4 is 4.84 Å². The summed E-state index contributed by atoms with van der Waals surface area (Å²) in [6, 6.07) is 8.87. The first-order valence-corrected chi connectivity index (χ1v) is 7.35. The Balaban J connectivity index is 1.66. The molecule has 0 aliphatic carbocycles. The first kappa shape index (κ1) is 14.3. The maximum Gasteiger partial charge on any atom is 0.434 e. The summed E-state index contributed by atoms with van der Waals surface area (Å²) >= 11 is 0. The number of hydrogen-bond acceptors (Lipinski definition) is 4. The monoisotopic (exact) mass is 299 g/mol. The lowest BCUT2D eigenvalue weighted by molar-refractivity contribution is 0.0853. The van der Waals surface area contributed by atoms with Crippen molar-refractivity contribution in [2.75, 3.05) is 13.1 Å². The Morgan fingerprint density at radius 2 is 1.77 bits per heavy atom. The van der Waals surface area contributed by atoms with E-state index < -0.39 is 6.09 Å². The smallest absolute Gasteiger partial charge is 0.316 e. The second kappa shape index (κ2) is 6.43. The Kier molecular flexibility index (Phi) is 4.18. The molecule has 0 saturated carbocycles. The lowest BCUT2D eigenvalue weighted by atomic mass is 10.1. The summed E-state index contributed by atoms with van der Waals surface area (Å²) in [4.78, 5) is 35.1. The van der Waals surface area contributed by atoms with E-state index in [9.17, 15) is 9.59 Å². The number of rotatable bonds is 3. The van der Waals surface area contributed by atoms with Gasteiger partial charge in [-0.25, -0.2) is 9.78 Å². The summed E-state index contributed by atoms with van der Waals surface area (Å²) in [5.74, 6) is -0.201. The topological polar surface area (TPSA) is 64.4 Å². The van der Waals surface area contributed by atoms with Crippen LogP contribution in [0.5, 0.6) is 0 Å². The van der Waals surface area contributed by atoms with Gasteiger partial charge in [-0.3, -0.25) is 4.79 Å². The fourth-order valence-electron chi connectivity index (χ4n) is 2.44. The highest BCUT2D eigenvalue weighted by molar-refractivity contribution is 6.07. The molecule has 22 heavy (non-hydrogen) atoms. The van der Waals surface area contributed by atoms with E-state index in [1.165, 1.54) is 17.3 Å². The van der Waals surface area contributed by atoms with E-state index >= 15 is 0 Å². The molecule has 0 unspecified atom stereocenters. The van der Waals surface area contributed by atoms with E-state index in [0.717, 1.165) is 19.3 Å². The highest BCUT2D eigenvalue weighted by Crippen LogP contribution is 2.10. The molecule has 6 nitrogen and oxygen atoms in total. The number of hydrogen-bond donors (Lipinski definition) is 0. The summed E-state index contributed by atoms with van der Waals surface area (Å²) in [5.41, 5.74) is 0.799. The fourth-order valence-corrected chi connectivity index (χ4v) is 2.44. The molecule has 1 amide bonds. The van der Waals surface area contributed by atoms with Crippen molar-refractivity contribution in [1.82, 2.24) is 14.6 Å². The van der Waals surface area contributed by atoms with Gasteiger partial charge in [0, 0.05) is 18.7 Å². The normalized spacial score (nSPS) is 14.6. The van der Waals surface area contributed by atoms with Crippen molar-refractivity contribution in [3.05, 3.63) is 54.1 Å². The first-order valence-electron chi connectivity index (χ1n) is 7.35. The molecule has 1 saturated heterocycles. The maximum absolute atomic E-state index is 12.2. The molecule has 2 heterocycles. The van der Waals surface area contributed by atoms with Gasteiger partial charge in [-0.15, -0.1) is 0 Å². The largest absolute Gasteiger partial charge is 0.434 e. The zero-order valence-electron chi connectivity index (χ0n) is 12.1. The van der Waals surface area contributed by atoms with Gasteiger partial charge in [0.05, 0.1) is 6.20 Å². The number of carbonyl (C=O) groups is 2.